The maximum atomic E-state index is 5.90. The number of thioether (sulfide) groups is 1. The molecular weight excluding hydrogens is 198 g/mol. The molecule has 1 aliphatic rings. The molecule has 0 spiro atoms. The molecule has 14 heavy (non-hydrogen) atoms. The minimum Gasteiger partial charge on any atom is -0.416 e. The van der Waals surface area contributed by atoms with Crippen LogP contribution in [0.4, 0.5) is 0 Å². The third-order valence-electron chi connectivity index (χ3n) is 2.44. The van der Waals surface area contributed by atoms with Crippen LogP contribution >= 0.6 is 11.8 Å². The molecule has 0 radical (unpaired) electrons. The smallest absolute Gasteiger partial charge is 0.276 e. The first-order valence-electron chi connectivity index (χ1n) is 4.96. The van der Waals surface area contributed by atoms with Gasteiger partial charge < -0.3 is 10.2 Å². The fourth-order valence-corrected chi connectivity index (χ4v) is 2.93. The number of aryl methyl sites for hydroxylation is 1. The molecule has 0 amide bonds. The fraction of sp³-hybridized carbons (Fsp3) is 0.778. The summed E-state index contributed by atoms with van der Waals surface area (Å²) in [5.41, 5.74) is 5.90. The van der Waals surface area contributed by atoms with Gasteiger partial charge in [0.1, 0.15) is 0 Å². The summed E-state index contributed by atoms with van der Waals surface area (Å²) < 4.78 is 5.32. The van der Waals surface area contributed by atoms with E-state index in [1.807, 2.05) is 6.92 Å². The number of hydrogen-bond donors (Lipinski definition) is 1. The van der Waals surface area contributed by atoms with Crippen LogP contribution in [0.25, 0.3) is 0 Å². The summed E-state index contributed by atoms with van der Waals surface area (Å²) >= 11 is 1.67. The first-order chi connectivity index (χ1) is 6.74. The summed E-state index contributed by atoms with van der Waals surface area (Å²) in [6.07, 6.45) is 4.64. The van der Waals surface area contributed by atoms with E-state index in [-0.39, 0.29) is 0 Å². The van der Waals surface area contributed by atoms with E-state index in [0.29, 0.717) is 22.4 Å². The summed E-state index contributed by atoms with van der Waals surface area (Å²) in [6, 6.07) is 0.352. The molecule has 0 aromatic carbocycles. The second kappa shape index (κ2) is 4.31. The van der Waals surface area contributed by atoms with E-state index in [9.17, 15) is 0 Å². The predicted octanol–water partition coefficient (Wildman–Crippen LogP) is 1.74. The highest BCUT2D eigenvalue weighted by Crippen LogP contribution is 2.32. The minimum absolute atomic E-state index is 0.352. The Hall–Kier alpha value is -0.550. The normalized spacial score (nSPS) is 27.9. The number of aromatic nitrogens is 2. The Bertz CT molecular complexity index is 302. The molecule has 1 fully saturated rings. The summed E-state index contributed by atoms with van der Waals surface area (Å²) in [6.45, 7) is 1.81. The lowest BCUT2D eigenvalue weighted by Gasteiger charge is -2.24. The van der Waals surface area contributed by atoms with Crippen molar-refractivity contribution >= 4 is 11.8 Å². The zero-order valence-corrected chi connectivity index (χ0v) is 9.09. The van der Waals surface area contributed by atoms with E-state index in [1.54, 1.807) is 11.8 Å². The third-order valence-corrected chi connectivity index (χ3v) is 3.57. The number of hydrogen-bond acceptors (Lipinski definition) is 5. The van der Waals surface area contributed by atoms with Crippen LogP contribution in [0.5, 0.6) is 0 Å². The first-order valence-corrected chi connectivity index (χ1v) is 5.84. The van der Waals surface area contributed by atoms with E-state index < -0.39 is 0 Å². The van der Waals surface area contributed by atoms with Crippen molar-refractivity contribution in [3.8, 4) is 0 Å². The number of rotatable bonds is 2. The molecule has 0 bridgehead atoms. The Labute approximate surface area is 87.6 Å². The standard InChI is InChI=1S/C9H15N3OS/c1-6-11-12-9(13-6)14-8-4-2-3-7(10)5-8/h7-8H,2-5,10H2,1H3. The van der Waals surface area contributed by atoms with Crippen molar-refractivity contribution in [1.29, 1.82) is 0 Å². The predicted molar refractivity (Wildman–Crippen MR) is 55.1 cm³/mol. The molecule has 1 saturated carbocycles. The Balaban J connectivity index is 1.90. The zero-order valence-electron chi connectivity index (χ0n) is 8.27. The van der Waals surface area contributed by atoms with Crippen LogP contribution in [0.2, 0.25) is 0 Å². The highest BCUT2D eigenvalue weighted by molar-refractivity contribution is 7.99. The molecule has 1 aromatic rings. The molecule has 0 saturated heterocycles. The van der Waals surface area contributed by atoms with Gasteiger partial charge in [0, 0.05) is 18.2 Å². The minimum atomic E-state index is 0.352. The third kappa shape index (κ3) is 2.48. The molecule has 1 heterocycles. The number of nitrogens with two attached hydrogens (primary N) is 1. The van der Waals surface area contributed by atoms with E-state index in [1.165, 1.54) is 12.8 Å². The molecule has 78 valence electrons. The average molecular weight is 213 g/mol. The van der Waals surface area contributed by atoms with Crippen molar-refractivity contribution < 1.29 is 4.42 Å². The molecule has 1 aliphatic carbocycles. The summed E-state index contributed by atoms with van der Waals surface area (Å²) in [5.74, 6) is 0.632. The van der Waals surface area contributed by atoms with E-state index >= 15 is 0 Å². The van der Waals surface area contributed by atoms with Crippen molar-refractivity contribution in [2.45, 2.75) is 49.1 Å². The Morgan fingerprint density at radius 2 is 2.29 bits per heavy atom. The van der Waals surface area contributed by atoms with Gasteiger partial charge in [0.15, 0.2) is 0 Å². The van der Waals surface area contributed by atoms with Crippen LogP contribution in [-0.4, -0.2) is 21.5 Å². The van der Waals surface area contributed by atoms with Crippen molar-refractivity contribution in [2.75, 3.05) is 0 Å². The largest absolute Gasteiger partial charge is 0.416 e. The molecular formula is C9H15N3OS. The highest BCUT2D eigenvalue weighted by Gasteiger charge is 2.21. The lowest BCUT2D eigenvalue weighted by atomic mass is 9.96. The molecule has 2 unspecified atom stereocenters. The van der Waals surface area contributed by atoms with E-state index in [4.69, 9.17) is 10.2 Å². The van der Waals surface area contributed by atoms with Crippen LogP contribution in [0, 0.1) is 6.92 Å². The maximum absolute atomic E-state index is 5.90. The van der Waals surface area contributed by atoms with Gasteiger partial charge in [0.25, 0.3) is 5.22 Å². The Morgan fingerprint density at radius 3 is 2.93 bits per heavy atom. The van der Waals surface area contributed by atoms with Crippen LogP contribution in [0.3, 0.4) is 0 Å². The summed E-state index contributed by atoms with van der Waals surface area (Å²) in [5, 5.41) is 9.01. The molecule has 0 aliphatic heterocycles. The highest BCUT2D eigenvalue weighted by atomic mass is 32.2. The Kier molecular flexibility index (Phi) is 3.08. The summed E-state index contributed by atoms with van der Waals surface area (Å²) in [4.78, 5) is 0. The van der Waals surface area contributed by atoms with Crippen LogP contribution in [0.15, 0.2) is 9.64 Å². The van der Waals surface area contributed by atoms with Crippen LogP contribution < -0.4 is 5.73 Å². The van der Waals surface area contributed by atoms with Crippen molar-refractivity contribution in [1.82, 2.24) is 10.2 Å². The zero-order chi connectivity index (χ0) is 9.97. The van der Waals surface area contributed by atoms with Crippen LogP contribution in [-0.2, 0) is 0 Å². The van der Waals surface area contributed by atoms with Gasteiger partial charge in [-0.3, -0.25) is 0 Å². The lowest BCUT2D eigenvalue weighted by molar-refractivity contribution is 0.419. The van der Waals surface area contributed by atoms with Gasteiger partial charge in [-0.05, 0) is 19.3 Å². The van der Waals surface area contributed by atoms with Crippen molar-refractivity contribution in [2.24, 2.45) is 5.73 Å². The second-order valence-electron chi connectivity index (χ2n) is 3.75. The van der Waals surface area contributed by atoms with Gasteiger partial charge in [0.2, 0.25) is 5.89 Å². The molecule has 2 N–H and O–H groups in total. The van der Waals surface area contributed by atoms with Gasteiger partial charge in [0.05, 0.1) is 0 Å². The topological polar surface area (TPSA) is 64.9 Å². The van der Waals surface area contributed by atoms with Crippen LogP contribution in [0.1, 0.15) is 31.6 Å². The van der Waals surface area contributed by atoms with E-state index in [2.05, 4.69) is 10.2 Å². The van der Waals surface area contributed by atoms with Gasteiger partial charge in [-0.2, -0.15) is 0 Å². The van der Waals surface area contributed by atoms with Gasteiger partial charge in [-0.15, -0.1) is 10.2 Å². The maximum Gasteiger partial charge on any atom is 0.276 e. The lowest BCUT2D eigenvalue weighted by Crippen LogP contribution is -2.29. The van der Waals surface area contributed by atoms with Gasteiger partial charge in [-0.25, -0.2) is 0 Å². The second-order valence-corrected chi connectivity index (χ2v) is 5.01. The van der Waals surface area contributed by atoms with Gasteiger partial charge >= 0.3 is 0 Å². The molecule has 4 nitrogen and oxygen atoms in total. The van der Waals surface area contributed by atoms with Gasteiger partial charge in [-0.1, -0.05) is 18.2 Å². The molecule has 5 heteroatoms. The fourth-order valence-electron chi connectivity index (χ4n) is 1.76. The molecule has 1 aromatic heterocycles. The average Bonchev–Trinajstić information content (AvgIpc) is 2.51. The molecule has 2 atom stereocenters. The SMILES string of the molecule is Cc1nnc(SC2CCCC(N)C2)o1. The van der Waals surface area contributed by atoms with Crippen molar-refractivity contribution in [3.05, 3.63) is 5.89 Å². The Morgan fingerprint density at radius 1 is 1.43 bits per heavy atom. The monoisotopic (exact) mass is 213 g/mol. The quantitative estimate of drug-likeness (QED) is 0.810. The molecule has 2 rings (SSSR count). The van der Waals surface area contributed by atoms with E-state index in [0.717, 1.165) is 12.8 Å². The summed E-state index contributed by atoms with van der Waals surface area (Å²) in [7, 11) is 0. The van der Waals surface area contributed by atoms with Crippen molar-refractivity contribution in [3.63, 3.8) is 0 Å². The number of nitrogens with zero attached hydrogens (tertiary/aromatic N) is 2. The first kappa shape index (κ1) is 9.98.